The minimum atomic E-state index is 0.269. The summed E-state index contributed by atoms with van der Waals surface area (Å²) < 4.78 is 0. The second-order valence-corrected chi connectivity index (χ2v) is 8.80. The smallest absolute Gasteiger partial charge is 0.124 e. The van der Waals surface area contributed by atoms with Crippen LogP contribution in [0.15, 0.2) is 30.7 Å². The van der Waals surface area contributed by atoms with Crippen LogP contribution in [-0.2, 0) is 0 Å². The first kappa shape index (κ1) is 19.5. The van der Waals surface area contributed by atoms with Gasteiger partial charge < -0.3 is 14.8 Å². The number of imidazole rings is 1. The number of likely N-dealkylation sites (N-methyl/N-ethyl adjacent to an activating group) is 1. The van der Waals surface area contributed by atoms with Gasteiger partial charge in [0, 0.05) is 32.4 Å². The second kappa shape index (κ2) is 7.96. The van der Waals surface area contributed by atoms with E-state index >= 15 is 0 Å². The maximum Gasteiger partial charge on any atom is 0.124 e. The Labute approximate surface area is 178 Å². The molecule has 2 aromatic heterocycles. The number of nitrogens with zero attached hydrogens (tertiary/aromatic N) is 6. The van der Waals surface area contributed by atoms with E-state index in [1.807, 2.05) is 6.20 Å². The molecule has 7 nitrogen and oxygen atoms in total. The number of piperazine rings is 1. The number of fused-ring (bicyclic) bond motifs is 1. The molecule has 5 rings (SSSR count). The van der Waals surface area contributed by atoms with Gasteiger partial charge >= 0.3 is 0 Å². The Kier molecular flexibility index (Phi) is 5.16. The molecule has 0 aliphatic carbocycles. The van der Waals surface area contributed by atoms with Crippen molar-refractivity contribution in [1.29, 1.82) is 0 Å². The summed E-state index contributed by atoms with van der Waals surface area (Å²) in [4.78, 5) is 24.9. The number of nitrogens with one attached hydrogen (secondary N) is 1. The van der Waals surface area contributed by atoms with Crippen molar-refractivity contribution in [2.24, 2.45) is 0 Å². The summed E-state index contributed by atoms with van der Waals surface area (Å²) in [5.41, 5.74) is 5.82. The van der Waals surface area contributed by atoms with Crippen LogP contribution in [0.2, 0.25) is 0 Å². The van der Waals surface area contributed by atoms with Gasteiger partial charge in [0.2, 0.25) is 0 Å². The van der Waals surface area contributed by atoms with Gasteiger partial charge in [0.05, 0.1) is 34.5 Å². The summed E-state index contributed by atoms with van der Waals surface area (Å²) >= 11 is 0. The Balaban J connectivity index is 1.46. The lowest BCUT2D eigenvalue weighted by Crippen LogP contribution is -2.44. The summed E-state index contributed by atoms with van der Waals surface area (Å²) in [5.74, 6) is 1.07. The Morgan fingerprint density at radius 1 is 1.03 bits per heavy atom. The van der Waals surface area contributed by atoms with E-state index in [4.69, 9.17) is 4.98 Å². The third-order valence-electron chi connectivity index (χ3n) is 6.86. The Morgan fingerprint density at radius 3 is 2.63 bits per heavy atom. The highest BCUT2D eigenvalue weighted by atomic mass is 15.3. The molecule has 2 fully saturated rings. The molecular formula is C23H31N7. The molecule has 7 heteroatoms. The zero-order valence-electron chi connectivity index (χ0n) is 18.2. The zero-order valence-corrected chi connectivity index (χ0v) is 18.2. The monoisotopic (exact) mass is 405 g/mol. The predicted molar refractivity (Wildman–Crippen MR) is 120 cm³/mol. The van der Waals surface area contributed by atoms with Gasteiger partial charge in [-0.25, -0.2) is 15.0 Å². The van der Waals surface area contributed by atoms with Crippen LogP contribution in [0.1, 0.15) is 48.4 Å². The molecule has 4 heterocycles. The minimum Gasteiger partial charge on any atom is -0.367 e. The molecule has 0 amide bonds. The lowest BCUT2D eigenvalue weighted by Gasteiger charge is -2.38. The van der Waals surface area contributed by atoms with Crippen LogP contribution in [0.25, 0.3) is 11.0 Å². The number of rotatable bonds is 3. The summed E-state index contributed by atoms with van der Waals surface area (Å²) in [5, 5.41) is 0. The first-order valence-electron chi connectivity index (χ1n) is 11.0. The van der Waals surface area contributed by atoms with Crippen LogP contribution in [0.5, 0.6) is 0 Å². The molecule has 2 saturated heterocycles. The summed E-state index contributed by atoms with van der Waals surface area (Å²) in [6.07, 6.45) is 7.00. The number of para-hydroxylation sites is 1. The van der Waals surface area contributed by atoms with Crippen molar-refractivity contribution in [3.8, 4) is 0 Å². The maximum absolute atomic E-state index is 5.04. The number of hydrogen-bond acceptors (Lipinski definition) is 6. The normalized spacial score (nSPS) is 23.9. The predicted octanol–water partition coefficient (Wildman–Crippen LogP) is 3.31. The number of likely N-dealkylation sites (tertiary alicyclic amines) is 1. The van der Waals surface area contributed by atoms with Crippen LogP contribution < -0.4 is 4.90 Å². The van der Waals surface area contributed by atoms with Gasteiger partial charge in [0.1, 0.15) is 12.2 Å². The molecule has 0 saturated carbocycles. The first-order valence-corrected chi connectivity index (χ1v) is 11.0. The van der Waals surface area contributed by atoms with Crippen LogP contribution in [-0.4, -0.2) is 70.0 Å². The Morgan fingerprint density at radius 2 is 1.83 bits per heavy atom. The molecule has 0 spiro atoms. The zero-order chi connectivity index (χ0) is 20.7. The number of anilines is 1. The number of aryl methyl sites for hydroxylation is 1. The van der Waals surface area contributed by atoms with E-state index in [2.05, 4.69) is 68.9 Å². The van der Waals surface area contributed by atoms with Gasteiger partial charge in [-0.15, -0.1) is 0 Å². The summed E-state index contributed by atoms with van der Waals surface area (Å²) in [7, 11) is 4.41. The number of aromatic amines is 1. The largest absolute Gasteiger partial charge is 0.367 e. The molecule has 2 atom stereocenters. The number of H-pyrrole nitrogens is 1. The van der Waals surface area contributed by atoms with Crippen molar-refractivity contribution < 1.29 is 0 Å². The lowest BCUT2D eigenvalue weighted by atomic mass is 9.92. The standard InChI is InChI=1S/C23H31N7/c1-16-14-24-15-25-21(16)18-7-5-9-20(29(18)3)23-26-17-6-4-8-19(22(17)27-23)30-12-10-28(2)11-13-30/h4,6,8,14-15,18,20H,5,7,9-13H2,1-3H3,(H,26,27)/t18-,20+/m0/s1. The van der Waals surface area contributed by atoms with E-state index in [0.717, 1.165) is 61.6 Å². The highest BCUT2D eigenvalue weighted by Gasteiger charge is 2.33. The fourth-order valence-electron chi connectivity index (χ4n) is 5.05. The molecule has 1 N–H and O–H groups in total. The molecule has 0 radical (unpaired) electrons. The van der Waals surface area contributed by atoms with Gasteiger partial charge in [-0.2, -0.15) is 0 Å². The van der Waals surface area contributed by atoms with E-state index in [1.165, 1.54) is 17.6 Å². The van der Waals surface area contributed by atoms with E-state index in [9.17, 15) is 0 Å². The van der Waals surface area contributed by atoms with Gasteiger partial charge in [0.15, 0.2) is 0 Å². The average Bonchev–Trinajstić information content (AvgIpc) is 3.19. The maximum atomic E-state index is 5.04. The van der Waals surface area contributed by atoms with E-state index in [1.54, 1.807) is 6.33 Å². The third kappa shape index (κ3) is 3.46. The van der Waals surface area contributed by atoms with Gasteiger partial charge in [-0.3, -0.25) is 4.90 Å². The van der Waals surface area contributed by atoms with Crippen molar-refractivity contribution in [1.82, 2.24) is 29.7 Å². The first-order chi connectivity index (χ1) is 14.6. The fraction of sp³-hybridized carbons (Fsp3) is 0.522. The van der Waals surface area contributed by atoms with E-state index < -0.39 is 0 Å². The molecule has 0 unspecified atom stereocenters. The number of aromatic nitrogens is 4. The molecule has 1 aromatic carbocycles. The van der Waals surface area contributed by atoms with Crippen LogP contribution >= 0.6 is 0 Å². The number of benzene rings is 1. The second-order valence-electron chi connectivity index (χ2n) is 8.80. The van der Waals surface area contributed by atoms with Gasteiger partial charge in [-0.1, -0.05) is 6.07 Å². The molecule has 3 aromatic rings. The van der Waals surface area contributed by atoms with Gasteiger partial charge in [-0.05, 0) is 58.0 Å². The molecule has 30 heavy (non-hydrogen) atoms. The van der Waals surface area contributed by atoms with Crippen molar-refractivity contribution in [2.75, 3.05) is 45.2 Å². The minimum absolute atomic E-state index is 0.269. The lowest BCUT2D eigenvalue weighted by molar-refractivity contribution is 0.107. The Bertz CT molecular complexity index is 1020. The topological polar surface area (TPSA) is 64.2 Å². The van der Waals surface area contributed by atoms with Crippen LogP contribution in [0.4, 0.5) is 5.69 Å². The van der Waals surface area contributed by atoms with Crippen molar-refractivity contribution in [3.05, 3.63) is 47.8 Å². The van der Waals surface area contributed by atoms with Crippen molar-refractivity contribution in [3.63, 3.8) is 0 Å². The molecular weight excluding hydrogens is 374 g/mol. The SMILES string of the molecule is Cc1cncnc1[C@@H]1CCC[C@H](c2nc3cccc(N4CCN(C)CC4)c3[nH]2)N1C. The summed E-state index contributed by atoms with van der Waals surface area (Å²) in [6.45, 7) is 6.42. The highest BCUT2D eigenvalue weighted by Crippen LogP contribution is 2.40. The Hall–Kier alpha value is -2.51. The molecule has 0 bridgehead atoms. The highest BCUT2D eigenvalue weighted by molar-refractivity contribution is 5.89. The number of hydrogen-bond donors (Lipinski definition) is 1. The summed E-state index contributed by atoms with van der Waals surface area (Å²) in [6, 6.07) is 7.07. The number of piperidine rings is 1. The average molecular weight is 406 g/mol. The van der Waals surface area contributed by atoms with E-state index in [-0.39, 0.29) is 6.04 Å². The van der Waals surface area contributed by atoms with Crippen molar-refractivity contribution in [2.45, 2.75) is 38.3 Å². The molecule has 2 aliphatic rings. The van der Waals surface area contributed by atoms with Crippen molar-refractivity contribution >= 4 is 16.7 Å². The molecule has 2 aliphatic heterocycles. The fourth-order valence-corrected chi connectivity index (χ4v) is 5.05. The molecule has 158 valence electrons. The quantitative estimate of drug-likeness (QED) is 0.721. The van der Waals surface area contributed by atoms with Crippen LogP contribution in [0.3, 0.4) is 0 Å². The van der Waals surface area contributed by atoms with Crippen LogP contribution in [0, 0.1) is 6.92 Å². The van der Waals surface area contributed by atoms with E-state index in [0.29, 0.717) is 6.04 Å². The van der Waals surface area contributed by atoms with Gasteiger partial charge in [0.25, 0.3) is 0 Å². The third-order valence-corrected chi connectivity index (χ3v) is 6.86.